The summed E-state index contributed by atoms with van der Waals surface area (Å²) in [5.74, 6) is 0. The van der Waals surface area contributed by atoms with Crippen LogP contribution in [0.1, 0.15) is 55.5 Å². The van der Waals surface area contributed by atoms with Crippen LogP contribution in [-0.2, 0) is 10.8 Å². The molecule has 0 radical (unpaired) electrons. The maximum Gasteiger partial charge on any atom is 0.0991 e. The third-order valence-corrected chi connectivity index (χ3v) is 8.66. The molecule has 0 unspecified atom stereocenters. The third kappa shape index (κ3) is 2.98. The van der Waals surface area contributed by atoms with Gasteiger partial charge in [-0.3, -0.25) is 0 Å². The average molecular weight is 477 g/mol. The minimum absolute atomic E-state index is 0.0479. The van der Waals surface area contributed by atoms with Gasteiger partial charge in [-0.15, -0.1) is 0 Å². The van der Waals surface area contributed by atoms with Crippen molar-refractivity contribution in [3.63, 3.8) is 0 Å². The molecule has 0 bridgehead atoms. The van der Waals surface area contributed by atoms with E-state index in [0.29, 0.717) is 5.56 Å². The summed E-state index contributed by atoms with van der Waals surface area (Å²) in [6.45, 7) is 9.42. The predicted molar refractivity (Wildman–Crippen MR) is 154 cm³/mol. The van der Waals surface area contributed by atoms with Crippen molar-refractivity contribution in [1.29, 1.82) is 5.26 Å². The van der Waals surface area contributed by atoms with E-state index in [2.05, 4.69) is 106 Å². The molecule has 2 aliphatic carbocycles. The number of rotatable bonds is 2. The van der Waals surface area contributed by atoms with Gasteiger partial charge in [0.2, 0.25) is 0 Å². The summed E-state index contributed by atoms with van der Waals surface area (Å²) >= 11 is 0. The van der Waals surface area contributed by atoms with Crippen LogP contribution < -0.4 is 5.32 Å². The van der Waals surface area contributed by atoms with E-state index < -0.39 is 0 Å². The van der Waals surface area contributed by atoms with E-state index in [1.54, 1.807) is 0 Å². The molecule has 2 heteroatoms. The molecular formula is C35H28N2. The Kier molecular flexibility index (Phi) is 4.34. The SMILES string of the molecule is CC1(C)c2cc(Nc3ccc(C#N)cc3)ccc2-c2cc3c(cc21)-c1c(ccc2ccccc12)C3(C)C. The second-order valence-electron chi connectivity index (χ2n) is 11.5. The smallest absolute Gasteiger partial charge is 0.0991 e. The first-order chi connectivity index (χ1) is 17.8. The highest BCUT2D eigenvalue weighted by atomic mass is 14.9. The molecule has 1 N–H and O–H groups in total. The normalized spacial score (nSPS) is 15.4. The third-order valence-electron chi connectivity index (χ3n) is 8.66. The van der Waals surface area contributed by atoms with Gasteiger partial charge in [0, 0.05) is 22.2 Å². The Labute approximate surface area is 218 Å². The van der Waals surface area contributed by atoms with Crippen LogP contribution in [0.5, 0.6) is 0 Å². The Bertz CT molecular complexity index is 1800. The van der Waals surface area contributed by atoms with E-state index in [-0.39, 0.29) is 10.8 Å². The van der Waals surface area contributed by atoms with Crippen molar-refractivity contribution in [3.05, 3.63) is 119 Å². The summed E-state index contributed by atoms with van der Waals surface area (Å²) in [7, 11) is 0. The zero-order chi connectivity index (χ0) is 25.5. The number of nitrogens with zero attached hydrogens (tertiary/aromatic N) is 1. The van der Waals surface area contributed by atoms with Crippen molar-refractivity contribution in [2.75, 3.05) is 5.32 Å². The Hall–Kier alpha value is -4.35. The van der Waals surface area contributed by atoms with Crippen molar-refractivity contribution >= 4 is 22.1 Å². The molecular weight excluding hydrogens is 448 g/mol. The molecule has 0 atom stereocenters. The number of benzene rings is 5. The average Bonchev–Trinajstić information content (AvgIpc) is 3.27. The summed E-state index contributed by atoms with van der Waals surface area (Å²) in [6.07, 6.45) is 0. The molecule has 37 heavy (non-hydrogen) atoms. The van der Waals surface area contributed by atoms with Crippen LogP contribution in [0.3, 0.4) is 0 Å². The number of hydrogen-bond donors (Lipinski definition) is 1. The number of nitrogens with one attached hydrogen (secondary N) is 1. The van der Waals surface area contributed by atoms with Crippen LogP contribution >= 0.6 is 0 Å². The molecule has 178 valence electrons. The maximum absolute atomic E-state index is 9.10. The van der Waals surface area contributed by atoms with Gasteiger partial charge in [0.05, 0.1) is 11.6 Å². The summed E-state index contributed by atoms with van der Waals surface area (Å²) < 4.78 is 0. The molecule has 0 saturated carbocycles. The molecule has 0 spiro atoms. The van der Waals surface area contributed by atoms with Gasteiger partial charge in [0.25, 0.3) is 0 Å². The maximum atomic E-state index is 9.10. The van der Waals surface area contributed by atoms with E-state index >= 15 is 0 Å². The highest BCUT2D eigenvalue weighted by Crippen LogP contribution is 2.57. The quantitative estimate of drug-likeness (QED) is 0.276. The fourth-order valence-corrected chi connectivity index (χ4v) is 6.60. The van der Waals surface area contributed by atoms with Crippen LogP contribution in [0, 0.1) is 11.3 Å². The molecule has 7 rings (SSSR count). The molecule has 2 nitrogen and oxygen atoms in total. The zero-order valence-corrected chi connectivity index (χ0v) is 21.6. The van der Waals surface area contributed by atoms with Gasteiger partial charge < -0.3 is 5.32 Å². The number of hydrogen-bond acceptors (Lipinski definition) is 2. The number of fused-ring (bicyclic) bond motifs is 8. The van der Waals surface area contributed by atoms with Crippen LogP contribution in [0.4, 0.5) is 11.4 Å². The van der Waals surface area contributed by atoms with E-state index in [1.165, 1.54) is 55.3 Å². The van der Waals surface area contributed by atoms with Crippen molar-refractivity contribution < 1.29 is 0 Å². The summed E-state index contributed by atoms with van der Waals surface area (Å²) in [4.78, 5) is 0. The molecule has 0 heterocycles. The Balaban J connectivity index is 1.37. The number of anilines is 2. The van der Waals surface area contributed by atoms with Crippen LogP contribution in [0.25, 0.3) is 33.0 Å². The molecule has 0 aromatic heterocycles. The monoisotopic (exact) mass is 476 g/mol. The fraction of sp³-hybridized carbons (Fsp3) is 0.171. The first-order valence-corrected chi connectivity index (χ1v) is 12.9. The fourth-order valence-electron chi connectivity index (χ4n) is 6.60. The summed E-state index contributed by atoms with van der Waals surface area (Å²) in [6, 6.07) is 34.9. The van der Waals surface area contributed by atoms with Gasteiger partial charge in [0.15, 0.2) is 0 Å². The first kappa shape index (κ1) is 21.9. The van der Waals surface area contributed by atoms with Gasteiger partial charge in [-0.05, 0) is 104 Å². The minimum atomic E-state index is -0.112. The Morgan fingerprint density at radius 1 is 0.595 bits per heavy atom. The first-order valence-electron chi connectivity index (χ1n) is 12.9. The standard InChI is InChI=1S/C35H28N2/c1-34(2)29-16-11-22-7-5-6-8-25(22)33(29)28-19-31-27(18-32(28)34)26-15-14-24(17-30(26)35(31,3)4)37-23-12-9-21(20-36)10-13-23/h5-19,37H,1-4H3. The molecule has 5 aromatic rings. The Morgan fingerprint density at radius 3 is 2.03 bits per heavy atom. The lowest BCUT2D eigenvalue weighted by molar-refractivity contribution is 0.652. The lowest BCUT2D eigenvalue weighted by atomic mass is 9.79. The minimum Gasteiger partial charge on any atom is -0.356 e. The Morgan fingerprint density at radius 2 is 1.24 bits per heavy atom. The van der Waals surface area contributed by atoms with Crippen molar-refractivity contribution in [2.45, 2.75) is 38.5 Å². The summed E-state index contributed by atoms with van der Waals surface area (Å²) in [5.41, 5.74) is 13.6. The molecule has 5 aromatic carbocycles. The lowest BCUT2D eigenvalue weighted by Crippen LogP contribution is -2.17. The van der Waals surface area contributed by atoms with E-state index in [0.717, 1.165) is 11.4 Å². The van der Waals surface area contributed by atoms with Crippen LogP contribution in [0.2, 0.25) is 0 Å². The molecule has 2 aliphatic rings. The van der Waals surface area contributed by atoms with Crippen molar-refractivity contribution in [1.82, 2.24) is 0 Å². The van der Waals surface area contributed by atoms with Crippen LogP contribution in [-0.4, -0.2) is 0 Å². The van der Waals surface area contributed by atoms with Gasteiger partial charge in [-0.25, -0.2) is 0 Å². The van der Waals surface area contributed by atoms with Crippen molar-refractivity contribution in [3.8, 4) is 28.3 Å². The molecule has 0 aliphatic heterocycles. The number of nitriles is 1. The second kappa shape index (κ2) is 7.34. The zero-order valence-electron chi connectivity index (χ0n) is 21.6. The van der Waals surface area contributed by atoms with Crippen molar-refractivity contribution in [2.24, 2.45) is 0 Å². The van der Waals surface area contributed by atoms with Gasteiger partial charge in [-0.1, -0.05) is 70.2 Å². The molecule has 0 saturated heterocycles. The van der Waals surface area contributed by atoms with E-state index in [1.807, 2.05) is 24.3 Å². The van der Waals surface area contributed by atoms with Crippen LogP contribution in [0.15, 0.2) is 91.0 Å². The molecule has 0 fully saturated rings. The van der Waals surface area contributed by atoms with Gasteiger partial charge in [-0.2, -0.15) is 5.26 Å². The summed E-state index contributed by atoms with van der Waals surface area (Å²) in [5, 5.41) is 15.3. The van der Waals surface area contributed by atoms with Gasteiger partial charge >= 0.3 is 0 Å². The second-order valence-corrected chi connectivity index (χ2v) is 11.5. The highest BCUT2D eigenvalue weighted by molar-refractivity contribution is 6.03. The van der Waals surface area contributed by atoms with E-state index in [4.69, 9.17) is 5.26 Å². The highest BCUT2D eigenvalue weighted by Gasteiger charge is 2.42. The predicted octanol–water partition coefficient (Wildman–Crippen LogP) is 9.07. The van der Waals surface area contributed by atoms with Gasteiger partial charge in [0.1, 0.15) is 0 Å². The lowest BCUT2D eigenvalue weighted by Gasteiger charge is -2.24. The largest absolute Gasteiger partial charge is 0.356 e. The van der Waals surface area contributed by atoms with E-state index in [9.17, 15) is 0 Å². The molecule has 0 amide bonds. The topological polar surface area (TPSA) is 35.8 Å².